The van der Waals surface area contributed by atoms with E-state index in [1.54, 1.807) is 7.11 Å². The van der Waals surface area contributed by atoms with Gasteiger partial charge in [-0.3, -0.25) is 9.59 Å². The number of benzene rings is 1. The molecule has 0 bridgehead atoms. The molecule has 5 heteroatoms. The second-order valence-corrected chi connectivity index (χ2v) is 4.96. The van der Waals surface area contributed by atoms with Gasteiger partial charge in [0, 0.05) is 20.0 Å². The van der Waals surface area contributed by atoms with Crippen LogP contribution in [0.3, 0.4) is 0 Å². The van der Waals surface area contributed by atoms with Gasteiger partial charge in [-0.1, -0.05) is 12.1 Å². The van der Waals surface area contributed by atoms with Crippen molar-refractivity contribution in [2.45, 2.75) is 25.8 Å². The van der Waals surface area contributed by atoms with Crippen molar-refractivity contribution >= 4 is 11.8 Å². The van der Waals surface area contributed by atoms with Gasteiger partial charge in [-0.2, -0.15) is 0 Å². The number of methoxy groups -OCH3 is 1. The van der Waals surface area contributed by atoms with E-state index in [1.807, 2.05) is 29.2 Å². The van der Waals surface area contributed by atoms with Crippen molar-refractivity contribution in [2.75, 3.05) is 20.2 Å². The topological polar surface area (TPSA) is 58.6 Å². The summed E-state index contributed by atoms with van der Waals surface area (Å²) < 4.78 is 5.11. The van der Waals surface area contributed by atoms with Gasteiger partial charge in [0.15, 0.2) is 0 Å². The molecule has 20 heavy (non-hydrogen) atoms. The number of carbonyl (C=O) groups is 2. The zero-order valence-electron chi connectivity index (χ0n) is 11.9. The third kappa shape index (κ3) is 3.50. The van der Waals surface area contributed by atoms with Crippen molar-refractivity contribution < 1.29 is 14.3 Å². The molecule has 1 atom stereocenters. The molecular weight excluding hydrogens is 256 g/mol. The fourth-order valence-corrected chi connectivity index (χ4v) is 2.20. The van der Waals surface area contributed by atoms with E-state index < -0.39 is 0 Å². The normalized spacial score (nSPS) is 15.2. The quantitative estimate of drug-likeness (QED) is 0.886. The summed E-state index contributed by atoms with van der Waals surface area (Å²) in [4.78, 5) is 25.2. The smallest absolute Gasteiger partial charge is 0.224 e. The lowest BCUT2D eigenvalue weighted by Crippen LogP contribution is -2.43. The fourth-order valence-electron chi connectivity index (χ4n) is 2.20. The third-order valence-electron chi connectivity index (χ3n) is 3.48. The van der Waals surface area contributed by atoms with Gasteiger partial charge in [-0.25, -0.2) is 0 Å². The summed E-state index contributed by atoms with van der Waals surface area (Å²) >= 11 is 0. The summed E-state index contributed by atoms with van der Waals surface area (Å²) in [6.07, 6.45) is 1.37. The Kier molecular flexibility index (Phi) is 4.61. The second-order valence-electron chi connectivity index (χ2n) is 4.96. The van der Waals surface area contributed by atoms with Crippen molar-refractivity contribution in [3.63, 3.8) is 0 Å². The Bertz CT molecular complexity index is 480. The summed E-state index contributed by atoms with van der Waals surface area (Å²) in [6.45, 7) is 3.12. The molecule has 0 saturated carbocycles. The highest BCUT2D eigenvalue weighted by Gasteiger charge is 2.24. The van der Waals surface area contributed by atoms with Gasteiger partial charge >= 0.3 is 0 Å². The number of amides is 2. The van der Waals surface area contributed by atoms with Crippen LogP contribution in [0.15, 0.2) is 24.3 Å². The van der Waals surface area contributed by atoms with Crippen LogP contribution < -0.4 is 10.1 Å². The van der Waals surface area contributed by atoms with Gasteiger partial charge < -0.3 is 15.0 Å². The number of rotatable bonds is 5. The number of ether oxygens (including phenoxy) is 1. The molecule has 1 aromatic rings. The summed E-state index contributed by atoms with van der Waals surface area (Å²) in [5.41, 5.74) is 0.912. The Morgan fingerprint density at radius 3 is 2.40 bits per heavy atom. The van der Waals surface area contributed by atoms with E-state index in [0.29, 0.717) is 6.42 Å². The maximum absolute atomic E-state index is 12.1. The Morgan fingerprint density at radius 2 is 1.95 bits per heavy atom. The zero-order chi connectivity index (χ0) is 14.5. The van der Waals surface area contributed by atoms with E-state index in [4.69, 9.17) is 4.74 Å². The maximum atomic E-state index is 12.1. The lowest BCUT2D eigenvalue weighted by Gasteiger charge is -2.32. The van der Waals surface area contributed by atoms with E-state index >= 15 is 0 Å². The minimum absolute atomic E-state index is 0.0887. The fraction of sp³-hybridized carbons (Fsp3) is 0.467. The van der Waals surface area contributed by atoms with Gasteiger partial charge in [-0.05, 0) is 24.1 Å². The predicted octanol–water partition coefficient (Wildman–Crippen LogP) is 1.49. The largest absolute Gasteiger partial charge is 0.497 e. The molecule has 1 aliphatic rings. The molecule has 0 spiro atoms. The van der Waals surface area contributed by atoms with Crippen LogP contribution in [-0.4, -0.2) is 36.9 Å². The molecule has 2 amide bonds. The van der Waals surface area contributed by atoms with E-state index in [9.17, 15) is 9.59 Å². The second kappa shape index (κ2) is 6.41. The molecule has 0 aromatic heterocycles. The summed E-state index contributed by atoms with van der Waals surface area (Å²) in [7, 11) is 1.60. The summed E-state index contributed by atoms with van der Waals surface area (Å²) in [5.74, 6) is 0.706. The number of likely N-dealkylation sites (tertiary alicyclic amines) is 1. The van der Waals surface area contributed by atoms with E-state index in [2.05, 4.69) is 5.32 Å². The minimum Gasteiger partial charge on any atom is -0.497 e. The van der Waals surface area contributed by atoms with Crippen LogP contribution >= 0.6 is 0 Å². The number of carbonyl (C=O) groups excluding carboxylic acids is 2. The van der Waals surface area contributed by atoms with Gasteiger partial charge in [-0.15, -0.1) is 0 Å². The number of hydrogen-bond donors (Lipinski definition) is 1. The van der Waals surface area contributed by atoms with E-state index in [1.165, 1.54) is 6.92 Å². The van der Waals surface area contributed by atoms with Crippen molar-refractivity contribution in [1.29, 1.82) is 0 Å². The molecule has 1 saturated heterocycles. The van der Waals surface area contributed by atoms with Gasteiger partial charge in [0.05, 0.1) is 19.6 Å². The molecule has 108 valence electrons. The average molecular weight is 276 g/mol. The molecule has 0 radical (unpaired) electrons. The number of hydrogen-bond acceptors (Lipinski definition) is 3. The van der Waals surface area contributed by atoms with Crippen molar-refractivity contribution in [3.8, 4) is 5.75 Å². The average Bonchev–Trinajstić information content (AvgIpc) is 2.35. The Labute approximate surface area is 118 Å². The van der Waals surface area contributed by atoms with Crippen LogP contribution in [0.2, 0.25) is 0 Å². The first-order chi connectivity index (χ1) is 9.60. The molecular formula is C15H20N2O3. The van der Waals surface area contributed by atoms with Crippen LogP contribution in [0.4, 0.5) is 0 Å². The van der Waals surface area contributed by atoms with Crippen molar-refractivity contribution in [1.82, 2.24) is 10.2 Å². The van der Waals surface area contributed by atoms with E-state index in [0.717, 1.165) is 30.8 Å². The van der Waals surface area contributed by atoms with Crippen LogP contribution in [0.5, 0.6) is 5.75 Å². The van der Waals surface area contributed by atoms with Crippen molar-refractivity contribution in [2.24, 2.45) is 0 Å². The molecule has 1 aliphatic heterocycles. The molecule has 1 aromatic carbocycles. The molecule has 1 heterocycles. The van der Waals surface area contributed by atoms with Crippen LogP contribution in [0.25, 0.3) is 0 Å². The first kappa shape index (κ1) is 14.4. The molecule has 2 rings (SSSR count). The highest BCUT2D eigenvalue weighted by Crippen LogP contribution is 2.22. The van der Waals surface area contributed by atoms with Gasteiger partial charge in [0.1, 0.15) is 5.75 Å². The zero-order valence-corrected chi connectivity index (χ0v) is 11.9. The minimum atomic E-state index is -0.286. The summed E-state index contributed by atoms with van der Waals surface area (Å²) in [5, 5.41) is 2.84. The molecule has 5 nitrogen and oxygen atoms in total. The Hall–Kier alpha value is -2.04. The lowest BCUT2D eigenvalue weighted by molar-refractivity contribution is -0.135. The predicted molar refractivity (Wildman–Crippen MR) is 75.4 cm³/mol. The number of nitrogens with zero attached hydrogens (tertiary/aromatic N) is 1. The third-order valence-corrected chi connectivity index (χ3v) is 3.48. The van der Waals surface area contributed by atoms with E-state index in [-0.39, 0.29) is 17.9 Å². The first-order valence-corrected chi connectivity index (χ1v) is 6.79. The SMILES string of the molecule is COc1ccc(C(CC(=O)N2CCC2)NC(C)=O)cc1. The lowest BCUT2D eigenvalue weighted by atomic mass is 10.0. The van der Waals surface area contributed by atoms with Gasteiger partial charge in [0.2, 0.25) is 11.8 Å². The summed E-state index contributed by atoms with van der Waals surface area (Å²) in [6, 6.07) is 7.13. The maximum Gasteiger partial charge on any atom is 0.224 e. The molecule has 1 fully saturated rings. The first-order valence-electron chi connectivity index (χ1n) is 6.79. The van der Waals surface area contributed by atoms with Crippen LogP contribution in [-0.2, 0) is 9.59 Å². The monoisotopic (exact) mass is 276 g/mol. The van der Waals surface area contributed by atoms with Crippen LogP contribution in [0.1, 0.15) is 31.4 Å². The highest BCUT2D eigenvalue weighted by atomic mass is 16.5. The van der Waals surface area contributed by atoms with Gasteiger partial charge in [0.25, 0.3) is 0 Å². The Morgan fingerprint density at radius 1 is 1.30 bits per heavy atom. The van der Waals surface area contributed by atoms with Crippen molar-refractivity contribution in [3.05, 3.63) is 29.8 Å². The Balaban J connectivity index is 2.08. The standard InChI is InChI=1S/C15H20N2O3/c1-11(18)16-14(10-15(19)17-8-3-9-17)12-4-6-13(20-2)7-5-12/h4-7,14H,3,8-10H2,1-2H3,(H,16,18). The number of nitrogens with one attached hydrogen (secondary N) is 1. The molecule has 1 N–H and O–H groups in total. The highest BCUT2D eigenvalue weighted by molar-refractivity contribution is 5.79. The molecule has 1 unspecified atom stereocenters. The van der Waals surface area contributed by atoms with Crippen LogP contribution in [0, 0.1) is 0 Å². The molecule has 0 aliphatic carbocycles.